The summed E-state index contributed by atoms with van der Waals surface area (Å²) in [6, 6.07) is 6.78. The van der Waals surface area contributed by atoms with E-state index in [1.54, 1.807) is 0 Å². The zero-order chi connectivity index (χ0) is 13.1. The van der Waals surface area contributed by atoms with E-state index in [-0.39, 0.29) is 0 Å². The standard InChI is InChI=1S/C14H22ClN3/c1-17(2)11-7-9-18(10-11)14-5-3-4-13(15)12(14)6-8-16/h3-5,11H,6-10,16H2,1-2H3. The lowest BCUT2D eigenvalue weighted by Gasteiger charge is -2.24. The van der Waals surface area contributed by atoms with Crippen molar-refractivity contribution in [3.8, 4) is 0 Å². The van der Waals surface area contributed by atoms with Crippen LogP contribution in [0.1, 0.15) is 12.0 Å². The minimum atomic E-state index is 0.634. The van der Waals surface area contributed by atoms with Crippen LogP contribution in [-0.4, -0.2) is 44.7 Å². The lowest BCUT2D eigenvalue weighted by atomic mass is 10.1. The number of anilines is 1. The minimum Gasteiger partial charge on any atom is -0.370 e. The summed E-state index contributed by atoms with van der Waals surface area (Å²) in [5, 5.41) is 0.839. The SMILES string of the molecule is CN(C)C1CCN(c2cccc(Cl)c2CCN)C1. The molecule has 4 heteroatoms. The smallest absolute Gasteiger partial charge is 0.0459 e. The van der Waals surface area contributed by atoms with Gasteiger partial charge in [0.2, 0.25) is 0 Å². The molecule has 1 aromatic rings. The second-order valence-corrected chi connectivity index (χ2v) is 5.54. The molecule has 2 rings (SSSR count). The number of halogens is 1. The van der Waals surface area contributed by atoms with Gasteiger partial charge in [-0.05, 0) is 51.2 Å². The van der Waals surface area contributed by atoms with Gasteiger partial charge in [-0.25, -0.2) is 0 Å². The summed E-state index contributed by atoms with van der Waals surface area (Å²) in [5.74, 6) is 0. The maximum Gasteiger partial charge on any atom is 0.0459 e. The number of rotatable bonds is 4. The zero-order valence-electron chi connectivity index (χ0n) is 11.2. The molecule has 1 aliphatic heterocycles. The molecule has 0 bridgehead atoms. The Bertz CT molecular complexity index is 406. The normalized spacial score (nSPS) is 19.8. The molecule has 0 saturated carbocycles. The van der Waals surface area contributed by atoms with Crippen molar-refractivity contribution in [2.24, 2.45) is 5.73 Å². The predicted molar refractivity (Wildman–Crippen MR) is 78.5 cm³/mol. The number of nitrogens with two attached hydrogens (primary N) is 1. The van der Waals surface area contributed by atoms with E-state index in [1.807, 2.05) is 12.1 Å². The first kappa shape index (κ1) is 13.7. The summed E-state index contributed by atoms with van der Waals surface area (Å²) in [5.41, 5.74) is 8.14. The lowest BCUT2D eigenvalue weighted by Crippen LogP contribution is -2.31. The average molecular weight is 268 g/mol. The molecule has 0 aliphatic carbocycles. The van der Waals surface area contributed by atoms with Gasteiger partial charge < -0.3 is 15.5 Å². The summed E-state index contributed by atoms with van der Waals surface area (Å²) in [6.45, 7) is 2.81. The first-order valence-electron chi connectivity index (χ1n) is 6.52. The number of hydrogen-bond acceptors (Lipinski definition) is 3. The number of hydrogen-bond donors (Lipinski definition) is 1. The van der Waals surface area contributed by atoms with Crippen molar-refractivity contribution in [1.29, 1.82) is 0 Å². The molecule has 2 N–H and O–H groups in total. The number of nitrogens with zero attached hydrogens (tertiary/aromatic N) is 2. The maximum absolute atomic E-state index is 6.29. The molecule has 1 aromatic carbocycles. The van der Waals surface area contributed by atoms with Crippen molar-refractivity contribution in [2.45, 2.75) is 18.9 Å². The van der Waals surface area contributed by atoms with Crippen LogP contribution in [-0.2, 0) is 6.42 Å². The summed E-state index contributed by atoms with van der Waals surface area (Å²) < 4.78 is 0. The van der Waals surface area contributed by atoms with Crippen molar-refractivity contribution in [3.63, 3.8) is 0 Å². The van der Waals surface area contributed by atoms with E-state index in [4.69, 9.17) is 17.3 Å². The lowest BCUT2D eigenvalue weighted by molar-refractivity contribution is 0.315. The average Bonchev–Trinajstić information content (AvgIpc) is 2.81. The van der Waals surface area contributed by atoms with Gasteiger partial charge in [0.25, 0.3) is 0 Å². The monoisotopic (exact) mass is 267 g/mol. The molecule has 0 spiro atoms. The van der Waals surface area contributed by atoms with Crippen molar-refractivity contribution >= 4 is 17.3 Å². The summed E-state index contributed by atoms with van der Waals surface area (Å²) in [7, 11) is 4.29. The predicted octanol–water partition coefficient (Wildman–Crippen LogP) is 1.98. The first-order chi connectivity index (χ1) is 8.63. The second kappa shape index (κ2) is 5.91. The highest BCUT2D eigenvalue weighted by molar-refractivity contribution is 6.31. The molecule has 1 heterocycles. The van der Waals surface area contributed by atoms with Crippen LogP contribution in [0, 0.1) is 0 Å². The Hall–Kier alpha value is -0.770. The van der Waals surface area contributed by atoms with Crippen LogP contribution in [0.25, 0.3) is 0 Å². The van der Waals surface area contributed by atoms with Crippen LogP contribution >= 0.6 is 11.6 Å². The van der Waals surface area contributed by atoms with Gasteiger partial charge in [-0.15, -0.1) is 0 Å². The Labute approximate surface area is 115 Å². The van der Waals surface area contributed by atoms with E-state index < -0.39 is 0 Å². The third-order valence-corrected chi connectivity index (χ3v) is 4.08. The van der Waals surface area contributed by atoms with Crippen LogP contribution in [0.5, 0.6) is 0 Å². The maximum atomic E-state index is 6.29. The molecule has 3 nitrogen and oxygen atoms in total. The van der Waals surface area contributed by atoms with E-state index in [9.17, 15) is 0 Å². The van der Waals surface area contributed by atoms with Crippen LogP contribution in [0.2, 0.25) is 5.02 Å². The Morgan fingerprint density at radius 3 is 2.83 bits per heavy atom. The topological polar surface area (TPSA) is 32.5 Å². The fourth-order valence-corrected chi connectivity index (χ4v) is 2.88. The highest BCUT2D eigenvalue weighted by Crippen LogP contribution is 2.30. The number of likely N-dealkylation sites (N-methyl/N-ethyl adjacent to an activating group) is 1. The van der Waals surface area contributed by atoms with Crippen molar-refractivity contribution in [3.05, 3.63) is 28.8 Å². The van der Waals surface area contributed by atoms with Gasteiger partial charge in [-0.2, -0.15) is 0 Å². The van der Waals surface area contributed by atoms with Crippen LogP contribution in [0.3, 0.4) is 0 Å². The molecule has 1 unspecified atom stereocenters. The summed E-state index contributed by atoms with van der Waals surface area (Å²) in [4.78, 5) is 4.73. The molecule has 1 aliphatic rings. The van der Waals surface area contributed by atoms with Crippen molar-refractivity contribution in [1.82, 2.24) is 4.90 Å². The molecule has 0 amide bonds. The molecule has 0 radical (unpaired) electrons. The van der Waals surface area contributed by atoms with Crippen LogP contribution < -0.4 is 10.6 Å². The molecule has 18 heavy (non-hydrogen) atoms. The van der Waals surface area contributed by atoms with E-state index in [0.717, 1.165) is 24.5 Å². The van der Waals surface area contributed by atoms with Crippen LogP contribution in [0.4, 0.5) is 5.69 Å². The van der Waals surface area contributed by atoms with Gasteiger partial charge in [0.15, 0.2) is 0 Å². The van der Waals surface area contributed by atoms with Gasteiger partial charge in [0.05, 0.1) is 0 Å². The minimum absolute atomic E-state index is 0.634. The highest BCUT2D eigenvalue weighted by atomic mass is 35.5. The van der Waals surface area contributed by atoms with E-state index in [2.05, 4.69) is 30.0 Å². The largest absolute Gasteiger partial charge is 0.370 e. The fraction of sp³-hybridized carbons (Fsp3) is 0.571. The second-order valence-electron chi connectivity index (χ2n) is 5.13. The van der Waals surface area contributed by atoms with Gasteiger partial charge in [-0.3, -0.25) is 0 Å². The quantitative estimate of drug-likeness (QED) is 0.906. The first-order valence-corrected chi connectivity index (χ1v) is 6.90. The molecular formula is C14H22ClN3. The molecule has 1 saturated heterocycles. The highest BCUT2D eigenvalue weighted by Gasteiger charge is 2.25. The number of benzene rings is 1. The van der Waals surface area contributed by atoms with Gasteiger partial charge >= 0.3 is 0 Å². The Balaban J connectivity index is 2.21. The van der Waals surface area contributed by atoms with E-state index in [0.29, 0.717) is 12.6 Å². The molecule has 1 atom stereocenters. The van der Waals surface area contributed by atoms with Gasteiger partial charge in [0.1, 0.15) is 0 Å². The third-order valence-electron chi connectivity index (χ3n) is 3.72. The zero-order valence-corrected chi connectivity index (χ0v) is 12.0. The van der Waals surface area contributed by atoms with Gasteiger partial charge in [0, 0.05) is 29.8 Å². The van der Waals surface area contributed by atoms with E-state index in [1.165, 1.54) is 17.7 Å². The van der Waals surface area contributed by atoms with Crippen LogP contribution in [0.15, 0.2) is 18.2 Å². The van der Waals surface area contributed by atoms with Gasteiger partial charge in [-0.1, -0.05) is 17.7 Å². The van der Waals surface area contributed by atoms with Crippen molar-refractivity contribution in [2.75, 3.05) is 38.6 Å². The summed E-state index contributed by atoms with van der Waals surface area (Å²) >= 11 is 6.29. The molecule has 100 valence electrons. The summed E-state index contributed by atoms with van der Waals surface area (Å²) in [6.07, 6.45) is 2.06. The van der Waals surface area contributed by atoms with Crippen molar-refractivity contribution < 1.29 is 0 Å². The third kappa shape index (κ3) is 2.79. The Morgan fingerprint density at radius 2 is 2.22 bits per heavy atom. The Kier molecular flexibility index (Phi) is 4.49. The molecule has 0 aromatic heterocycles. The Morgan fingerprint density at radius 1 is 1.44 bits per heavy atom. The van der Waals surface area contributed by atoms with E-state index >= 15 is 0 Å². The molecular weight excluding hydrogens is 246 g/mol. The fourth-order valence-electron chi connectivity index (χ4n) is 2.62. The molecule has 1 fully saturated rings.